The molecule has 0 aromatic heterocycles. The van der Waals surface area contributed by atoms with E-state index in [-0.39, 0.29) is 0 Å². The first-order valence-corrected chi connectivity index (χ1v) is 4.45. The molecule has 2 aliphatic heterocycles. The van der Waals surface area contributed by atoms with Gasteiger partial charge in [0.15, 0.2) is 0 Å². The van der Waals surface area contributed by atoms with Crippen LogP contribution >= 0.6 is 0 Å². The van der Waals surface area contributed by atoms with E-state index in [1.807, 2.05) is 0 Å². The highest BCUT2D eigenvalue weighted by atomic mass is 16.5. The van der Waals surface area contributed by atoms with Crippen molar-refractivity contribution in [2.45, 2.75) is 24.8 Å². The zero-order chi connectivity index (χ0) is 7.57. The second-order valence-corrected chi connectivity index (χ2v) is 3.51. The molecule has 0 bridgehead atoms. The molecule has 64 valence electrons. The Morgan fingerprint density at radius 3 is 2.55 bits per heavy atom. The van der Waals surface area contributed by atoms with Gasteiger partial charge in [-0.15, -0.1) is 0 Å². The van der Waals surface area contributed by atoms with E-state index in [1.165, 1.54) is 19.3 Å². The summed E-state index contributed by atoms with van der Waals surface area (Å²) in [6.45, 7) is 4.01. The highest BCUT2D eigenvalue weighted by Crippen LogP contribution is 2.24. The molecular weight excluding hydrogens is 140 g/mol. The summed E-state index contributed by atoms with van der Waals surface area (Å²) in [5.41, 5.74) is 0.420. The minimum absolute atomic E-state index is 0.420. The molecule has 0 unspecified atom stereocenters. The van der Waals surface area contributed by atoms with E-state index in [0.717, 1.165) is 26.4 Å². The minimum Gasteiger partial charge on any atom is -0.366 e. The van der Waals surface area contributed by atoms with Crippen molar-refractivity contribution in [3.05, 3.63) is 0 Å². The van der Waals surface area contributed by atoms with Gasteiger partial charge in [0, 0.05) is 5.54 Å². The second-order valence-electron chi connectivity index (χ2n) is 3.51. The molecule has 0 saturated carbocycles. The molecule has 0 radical (unpaired) electrons. The molecule has 1 spiro atoms. The van der Waals surface area contributed by atoms with Gasteiger partial charge in [-0.3, -0.25) is 5.32 Å². The van der Waals surface area contributed by atoms with Crippen molar-refractivity contribution >= 4 is 0 Å². The smallest absolute Gasteiger partial charge is 0.0969 e. The third-order valence-corrected chi connectivity index (χ3v) is 2.83. The molecule has 3 nitrogen and oxygen atoms in total. The molecule has 2 saturated heterocycles. The maximum Gasteiger partial charge on any atom is 0.0969 e. The number of piperidine rings is 1. The topological polar surface area (TPSA) is 33.3 Å². The molecule has 2 heterocycles. The molecule has 2 fully saturated rings. The van der Waals surface area contributed by atoms with Crippen LogP contribution in [0, 0.1) is 0 Å². The van der Waals surface area contributed by atoms with Gasteiger partial charge in [-0.25, -0.2) is 0 Å². The molecule has 3 heteroatoms. The van der Waals surface area contributed by atoms with Gasteiger partial charge in [-0.2, -0.15) is 0 Å². The molecular formula is C8H16N2O. The number of hydrogen-bond donors (Lipinski definition) is 2. The average Bonchev–Trinajstić information content (AvgIpc) is 2.07. The van der Waals surface area contributed by atoms with E-state index in [2.05, 4.69) is 10.6 Å². The lowest BCUT2D eigenvalue weighted by Gasteiger charge is -2.41. The summed E-state index contributed by atoms with van der Waals surface area (Å²) in [5, 5.41) is 6.85. The molecule has 0 atom stereocenters. The average molecular weight is 156 g/mol. The van der Waals surface area contributed by atoms with Gasteiger partial charge in [0.25, 0.3) is 0 Å². The summed E-state index contributed by atoms with van der Waals surface area (Å²) in [6, 6.07) is 0. The van der Waals surface area contributed by atoms with E-state index in [0.29, 0.717) is 5.54 Å². The molecule has 2 N–H and O–H groups in total. The molecule has 0 aromatic rings. The summed E-state index contributed by atoms with van der Waals surface area (Å²) in [4.78, 5) is 0. The van der Waals surface area contributed by atoms with Gasteiger partial charge < -0.3 is 10.1 Å². The Morgan fingerprint density at radius 2 is 1.91 bits per heavy atom. The quantitative estimate of drug-likeness (QED) is 0.521. The Kier molecular flexibility index (Phi) is 2.11. The van der Waals surface area contributed by atoms with Crippen LogP contribution in [0.2, 0.25) is 0 Å². The first-order valence-electron chi connectivity index (χ1n) is 4.45. The van der Waals surface area contributed by atoms with Crippen molar-refractivity contribution in [1.29, 1.82) is 0 Å². The van der Waals surface area contributed by atoms with Gasteiger partial charge in [-0.1, -0.05) is 0 Å². The molecule has 2 aliphatic rings. The van der Waals surface area contributed by atoms with Gasteiger partial charge in [0.2, 0.25) is 0 Å². The lowest BCUT2D eigenvalue weighted by atomic mass is 9.85. The number of nitrogens with one attached hydrogen (secondary N) is 2. The van der Waals surface area contributed by atoms with E-state index in [1.54, 1.807) is 0 Å². The van der Waals surface area contributed by atoms with Crippen LogP contribution in [-0.2, 0) is 4.74 Å². The van der Waals surface area contributed by atoms with Crippen LogP contribution in [0.5, 0.6) is 0 Å². The fourth-order valence-electron chi connectivity index (χ4n) is 1.96. The van der Waals surface area contributed by atoms with Gasteiger partial charge in [-0.05, 0) is 32.4 Å². The third kappa shape index (κ3) is 1.55. The lowest BCUT2D eigenvalue weighted by Crippen LogP contribution is -2.56. The molecule has 0 aliphatic carbocycles. The molecule has 11 heavy (non-hydrogen) atoms. The van der Waals surface area contributed by atoms with E-state index in [9.17, 15) is 0 Å². The number of hydrogen-bond acceptors (Lipinski definition) is 3. The first kappa shape index (κ1) is 7.53. The molecule has 0 aromatic carbocycles. The summed E-state index contributed by atoms with van der Waals surface area (Å²) in [7, 11) is 0. The predicted octanol–water partition coefficient (Wildman–Crippen LogP) is 0.0760. The van der Waals surface area contributed by atoms with E-state index < -0.39 is 0 Å². The summed E-state index contributed by atoms with van der Waals surface area (Å²) in [6.07, 6.45) is 3.71. The SMILES string of the molecule is C1CC2(CCN1)CCOCN2. The normalized spacial score (nSPS) is 30.5. The third-order valence-electron chi connectivity index (χ3n) is 2.83. The van der Waals surface area contributed by atoms with Crippen LogP contribution < -0.4 is 10.6 Å². The van der Waals surface area contributed by atoms with Gasteiger partial charge in [0.1, 0.15) is 0 Å². The summed E-state index contributed by atoms with van der Waals surface area (Å²) >= 11 is 0. The van der Waals surface area contributed by atoms with E-state index in [4.69, 9.17) is 4.74 Å². The van der Waals surface area contributed by atoms with Crippen molar-refractivity contribution < 1.29 is 4.74 Å². The predicted molar refractivity (Wildman–Crippen MR) is 43.4 cm³/mol. The molecule has 0 amide bonds. The van der Waals surface area contributed by atoms with Crippen LogP contribution in [0.25, 0.3) is 0 Å². The fraction of sp³-hybridized carbons (Fsp3) is 1.00. The Morgan fingerprint density at radius 1 is 1.09 bits per heavy atom. The van der Waals surface area contributed by atoms with Crippen molar-refractivity contribution in [2.75, 3.05) is 26.4 Å². The largest absolute Gasteiger partial charge is 0.366 e. The maximum atomic E-state index is 5.27. The van der Waals surface area contributed by atoms with Crippen molar-refractivity contribution in [3.63, 3.8) is 0 Å². The monoisotopic (exact) mass is 156 g/mol. The second kappa shape index (κ2) is 3.09. The van der Waals surface area contributed by atoms with Crippen molar-refractivity contribution in [3.8, 4) is 0 Å². The van der Waals surface area contributed by atoms with E-state index >= 15 is 0 Å². The summed E-state index contributed by atoms with van der Waals surface area (Å²) in [5.74, 6) is 0. The van der Waals surface area contributed by atoms with Crippen LogP contribution in [0.3, 0.4) is 0 Å². The summed E-state index contributed by atoms with van der Waals surface area (Å²) < 4.78 is 5.27. The van der Waals surface area contributed by atoms with Crippen molar-refractivity contribution in [2.24, 2.45) is 0 Å². The highest BCUT2D eigenvalue weighted by Gasteiger charge is 2.32. The van der Waals surface area contributed by atoms with Gasteiger partial charge >= 0.3 is 0 Å². The number of ether oxygens (including phenoxy) is 1. The Labute approximate surface area is 67.5 Å². The van der Waals surface area contributed by atoms with Crippen LogP contribution in [0.1, 0.15) is 19.3 Å². The Hall–Kier alpha value is -0.120. The lowest BCUT2D eigenvalue weighted by molar-refractivity contribution is 0.0110. The van der Waals surface area contributed by atoms with Crippen LogP contribution in [-0.4, -0.2) is 32.0 Å². The molecule has 2 rings (SSSR count). The van der Waals surface area contributed by atoms with Crippen molar-refractivity contribution in [1.82, 2.24) is 10.6 Å². The number of rotatable bonds is 0. The first-order chi connectivity index (χ1) is 5.41. The van der Waals surface area contributed by atoms with Gasteiger partial charge in [0.05, 0.1) is 13.3 Å². The standard InChI is InChI=1S/C8H16N2O/c1-4-9-5-2-8(1)3-6-11-7-10-8/h9-10H,1-7H2. The fourth-order valence-corrected chi connectivity index (χ4v) is 1.96. The Bertz CT molecular complexity index is 107. The Balaban J connectivity index is 1.94. The minimum atomic E-state index is 0.420. The maximum absolute atomic E-state index is 5.27. The highest BCUT2D eigenvalue weighted by molar-refractivity contribution is 4.92. The van der Waals surface area contributed by atoms with Crippen LogP contribution in [0.15, 0.2) is 0 Å². The van der Waals surface area contributed by atoms with Crippen LogP contribution in [0.4, 0.5) is 0 Å². The zero-order valence-electron chi connectivity index (χ0n) is 6.86. The zero-order valence-corrected chi connectivity index (χ0v) is 6.86.